The molecule has 3 aromatic rings. The van der Waals surface area contributed by atoms with E-state index in [1.165, 1.54) is 4.31 Å². The van der Waals surface area contributed by atoms with Crippen molar-refractivity contribution >= 4 is 15.9 Å². The van der Waals surface area contributed by atoms with Crippen molar-refractivity contribution in [3.63, 3.8) is 0 Å². The Hall–Kier alpha value is -2.91. The van der Waals surface area contributed by atoms with Crippen LogP contribution in [0.1, 0.15) is 40.7 Å². The van der Waals surface area contributed by atoms with E-state index < -0.39 is 10.0 Å². The van der Waals surface area contributed by atoms with Gasteiger partial charge in [-0.15, -0.1) is 0 Å². The minimum atomic E-state index is -3.47. The van der Waals surface area contributed by atoms with Crippen molar-refractivity contribution < 1.29 is 17.6 Å². The molecule has 0 aliphatic carbocycles. The highest BCUT2D eigenvalue weighted by Gasteiger charge is 2.30. The van der Waals surface area contributed by atoms with Gasteiger partial charge in [-0.3, -0.25) is 9.89 Å². The number of nitrogens with zero attached hydrogens (tertiary/aromatic N) is 2. The van der Waals surface area contributed by atoms with Crippen LogP contribution in [-0.2, 0) is 16.6 Å². The zero-order chi connectivity index (χ0) is 20.3. The van der Waals surface area contributed by atoms with Gasteiger partial charge in [0.1, 0.15) is 11.5 Å². The van der Waals surface area contributed by atoms with E-state index in [1.807, 2.05) is 0 Å². The van der Waals surface area contributed by atoms with Gasteiger partial charge in [-0.2, -0.15) is 9.40 Å². The number of hydrogen-bond acceptors (Lipinski definition) is 5. The first-order chi connectivity index (χ1) is 14.0. The van der Waals surface area contributed by atoms with Crippen LogP contribution in [0.4, 0.5) is 0 Å². The first-order valence-corrected chi connectivity index (χ1v) is 10.9. The Balaban J connectivity index is 1.35. The third-order valence-corrected chi connectivity index (χ3v) is 7.02. The predicted molar refractivity (Wildman–Crippen MR) is 106 cm³/mol. The molecule has 0 bridgehead atoms. The minimum Gasteiger partial charge on any atom is -0.467 e. The second kappa shape index (κ2) is 8.22. The summed E-state index contributed by atoms with van der Waals surface area (Å²) in [6, 6.07) is 13.8. The number of sulfonamides is 1. The largest absolute Gasteiger partial charge is 0.467 e. The number of carbonyl (C=O) groups excluding carboxylic acids is 1. The Labute approximate surface area is 169 Å². The molecule has 9 heteroatoms. The van der Waals surface area contributed by atoms with Gasteiger partial charge in [-0.05, 0) is 43.2 Å². The molecule has 0 radical (unpaired) electrons. The summed E-state index contributed by atoms with van der Waals surface area (Å²) in [5, 5.41) is 9.80. The van der Waals surface area contributed by atoms with Crippen LogP contribution in [0.5, 0.6) is 0 Å². The fourth-order valence-electron chi connectivity index (χ4n) is 3.48. The van der Waals surface area contributed by atoms with Gasteiger partial charge in [0, 0.05) is 24.7 Å². The highest BCUT2D eigenvalue weighted by Crippen LogP contribution is 2.30. The van der Waals surface area contributed by atoms with Crippen molar-refractivity contribution in [2.45, 2.75) is 30.2 Å². The molecule has 4 rings (SSSR count). The maximum absolute atomic E-state index is 12.7. The summed E-state index contributed by atoms with van der Waals surface area (Å²) in [7, 11) is -3.47. The maximum atomic E-state index is 12.7. The summed E-state index contributed by atoms with van der Waals surface area (Å²) in [6.45, 7) is 1.16. The van der Waals surface area contributed by atoms with Crippen LogP contribution >= 0.6 is 0 Å². The number of aromatic amines is 1. The molecule has 29 heavy (non-hydrogen) atoms. The molecular formula is C20H22N4O4S. The number of aromatic nitrogens is 2. The van der Waals surface area contributed by atoms with E-state index in [2.05, 4.69) is 15.5 Å². The second-order valence-electron chi connectivity index (χ2n) is 6.96. The Morgan fingerprint density at radius 2 is 1.93 bits per heavy atom. The SMILES string of the molecule is O=C(NCc1ccco1)c1cc(C2CCN(S(=O)(=O)c3ccccc3)CC2)[nH]n1. The van der Waals surface area contributed by atoms with Gasteiger partial charge in [0.25, 0.3) is 5.91 Å². The third kappa shape index (κ3) is 4.25. The van der Waals surface area contributed by atoms with Crippen LogP contribution in [0.2, 0.25) is 0 Å². The van der Waals surface area contributed by atoms with E-state index in [0.717, 1.165) is 5.69 Å². The summed E-state index contributed by atoms with van der Waals surface area (Å²) in [4.78, 5) is 12.6. The molecule has 1 fully saturated rings. The summed E-state index contributed by atoms with van der Waals surface area (Å²) in [5.74, 6) is 0.519. The van der Waals surface area contributed by atoms with Gasteiger partial charge in [0.15, 0.2) is 0 Å². The Morgan fingerprint density at radius 3 is 2.62 bits per heavy atom. The van der Waals surface area contributed by atoms with Gasteiger partial charge in [0.05, 0.1) is 17.7 Å². The van der Waals surface area contributed by atoms with Crippen molar-refractivity contribution in [1.82, 2.24) is 19.8 Å². The van der Waals surface area contributed by atoms with Gasteiger partial charge < -0.3 is 9.73 Å². The average Bonchev–Trinajstić information content (AvgIpc) is 3.45. The molecule has 3 heterocycles. The van der Waals surface area contributed by atoms with Crippen LogP contribution in [0.15, 0.2) is 64.1 Å². The lowest BCUT2D eigenvalue weighted by molar-refractivity contribution is 0.0943. The Morgan fingerprint density at radius 1 is 1.17 bits per heavy atom. The van der Waals surface area contributed by atoms with Crippen molar-refractivity contribution in [3.05, 3.63) is 71.9 Å². The molecule has 1 aliphatic rings. The molecule has 1 amide bonds. The Kier molecular flexibility index (Phi) is 5.50. The number of H-pyrrole nitrogens is 1. The molecule has 2 aromatic heterocycles. The van der Waals surface area contributed by atoms with E-state index in [4.69, 9.17) is 4.42 Å². The summed E-state index contributed by atoms with van der Waals surface area (Å²) in [5.41, 5.74) is 1.16. The fraction of sp³-hybridized carbons (Fsp3) is 0.300. The highest BCUT2D eigenvalue weighted by molar-refractivity contribution is 7.89. The molecule has 1 aliphatic heterocycles. The lowest BCUT2D eigenvalue weighted by Gasteiger charge is -2.30. The normalized spacial score (nSPS) is 16.0. The summed E-state index contributed by atoms with van der Waals surface area (Å²) < 4.78 is 32.2. The number of benzene rings is 1. The van der Waals surface area contributed by atoms with Crippen LogP contribution in [-0.4, -0.2) is 41.9 Å². The quantitative estimate of drug-likeness (QED) is 0.644. The molecule has 2 N–H and O–H groups in total. The molecular weight excluding hydrogens is 392 g/mol. The predicted octanol–water partition coefficient (Wildman–Crippen LogP) is 2.50. The molecule has 0 spiro atoms. The molecule has 152 valence electrons. The topological polar surface area (TPSA) is 108 Å². The summed E-state index contributed by atoms with van der Waals surface area (Å²) in [6.07, 6.45) is 2.89. The first-order valence-electron chi connectivity index (χ1n) is 9.45. The second-order valence-corrected chi connectivity index (χ2v) is 8.90. The first kappa shape index (κ1) is 19.4. The molecule has 0 atom stereocenters. The van der Waals surface area contributed by atoms with Crippen LogP contribution < -0.4 is 5.32 Å². The smallest absolute Gasteiger partial charge is 0.272 e. The van der Waals surface area contributed by atoms with E-state index in [0.29, 0.717) is 48.8 Å². The lowest BCUT2D eigenvalue weighted by Crippen LogP contribution is -2.37. The van der Waals surface area contributed by atoms with E-state index in [-0.39, 0.29) is 11.8 Å². The maximum Gasteiger partial charge on any atom is 0.272 e. The zero-order valence-corrected chi connectivity index (χ0v) is 16.6. The molecule has 0 unspecified atom stereocenters. The van der Waals surface area contributed by atoms with Crippen molar-refractivity contribution in [3.8, 4) is 0 Å². The van der Waals surface area contributed by atoms with Crippen LogP contribution in [0.3, 0.4) is 0 Å². The van der Waals surface area contributed by atoms with Gasteiger partial charge in [0.2, 0.25) is 10.0 Å². The number of amides is 1. The van der Waals surface area contributed by atoms with E-state index in [9.17, 15) is 13.2 Å². The highest BCUT2D eigenvalue weighted by atomic mass is 32.2. The number of piperidine rings is 1. The lowest BCUT2D eigenvalue weighted by atomic mass is 9.94. The zero-order valence-electron chi connectivity index (χ0n) is 15.7. The van der Waals surface area contributed by atoms with Gasteiger partial charge in [-0.1, -0.05) is 18.2 Å². The van der Waals surface area contributed by atoms with Crippen molar-refractivity contribution in [2.24, 2.45) is 0 Å². The monoisotopic (exact) mass is 414 g/mol. The number of nitrogens with one attached hydrogen (secondary N) is 2. The van der Waals surface area contributed by atoms with Gasteiger partial charge >= 0.3 is 0 Å². The van der Waals surface area contributed by atoms with Crippen LogP contribution in [0.25, 0.3) is 0 Å². The van der Waals surface area contributed by atoms with Crippen molar-refractivity contribution in [1.29, 1.82) is 0 Å². The molecule has 8 nitrogen and oxygen atoms in total. The number of furan rings is 1. The Bertz CT molecular complexity index is 1050. The van der Waals surface area contributed by atoms with E-state index >= 15 is 0 Å². The standard InChI is InChI=1S/C20H22N4O4S/c25-20(21-14-16-5-4-12-28-16)19-13-18(22-23-19)15-8-10-24(11-9-15)29(26,27)17-6-2-1-3-7-17/h1-7,12-13,15H,8-11,14H2,(H,21,25)(H,22,23). The number of rotatable bonds is 6. The molecule has 0 saturated carbocycles. The fourth-order valence-corrected chi connectivity index (χ4v) is 4.97. The number of hydrogen-bond donors (Lipinski definition) is 2. The molecule has 1 aromatic carbocycles. The average molecular weight is 414 g/mol. The number of carbonyl (C=O) groups is 1. The van der Waals surface area contributed by atoms with Crippen molar-refractivity contribution in [2.75, 3.05) is 13.1 Å². The molecule has 1 saturated heterocycles. The van der Waals surface area contributed by atoms with Crippen LogP contribution in [0, 0.1) is 0 Å². The van der Waals surface area contributed by atoms with Gasteiger partial charge in [-0.25, -0.2) is 8.42 Å². The van der Waals surface area contributed by atoms with E-state index in [1.54, 1.807) is 54.8 Å². The minimum absolute atomic E-state index is 0.136. The summed E-state index contributed by atoms with van der Waals surface area (Å²) >= 11 is 0. The third-order valence-electron chi connectivity index (χ3n) is 5.11.